The van der Waals surface area contributed by atoms with E-state index in [1.54, 1.807) is 18.4 Å². The molecule has 1 amide bonds. The average Bonchev–Trinajstić information content (AvgIpc) is 3.09. The maximum Gasteiger partial charge on any atom is 0.289 e. The summed E-state index contributed by atoms with van der Waals surface area (Å²) in [7, 11) is 0. The molecule has 27 heavy (non-hydrogen) atoms. The van der Waals surface area contributed by atoms with Crippen LogP contribution < -0.4 is 4.90 Å². The van der Waals surface area contributed by atoms with Gasteiger partial charge in [0.25, 0.3) is 5.91 Å². The predicted octanol–water partition coefficient (Wildman–Crippen LogP) is 4.11. The number of nitrogens with zero attached hydrogens (tertiary/aromatic N) is 3. The van der Waals surface area contributed by atoms with Gasteiger partial charge >= 0.3 is 0 Å². The molecule has 0 saturated carbocycles. The zero-order chi connectivity index (χ0) is 19.0. The molecule has 5 nitrogen and oxygen atoms in total. The average molecular weight is 363 g/mol. The first-order valence-electron chi connectivity index (χ1n) is 9.50. The number of hydrogen-bond donors (Lipinski definition) is 0. The molecule has 1 aliphatic rings. The van der Waals surface area contributed by atoms with E-state index in [9.17, 15) is 4.79 Å². The lowest BCUT2D eigenvalue weighted by Crippen LogP contribution is -2.35. The number of fused-ring (bicyclic) bond motifs is 1. The molecule has 0 bridgehead atoms. The topological polar surface area (TPSA) is 49.6 Å². The Bertz CT molecular complexity index is 979. The van der Waals surface area contributed by atoms with Crippen molar-refractivity contribution in [2.75, 3.05) is 31.1 Å². The normalized spacial score (nSPS) is 15.2. The molecule has 0 aliphatic carbocycles. The van der Waals surface area contributed by atoms with Gasteiger partial charge in [-0.25, -0.2) is 4.98 Å². The molecule has 0 atom stereocenters. The van der Waals surface area contributed by atoms with Gasteiger partial charge in [0.1, 0.15) is 5.82 Å². The lowest BCUT2D eigenvalue weighted by molar-refractivity contribution is 0.0735. The molecule has 1 saturated heterocycles. The van der Waals surface area contributed by atoms with Gasteiger partial charge in [-0.2, -0.15) is 0 Å². The predicted molar refractivity (Wildman–Crippen MR) is 107 cm³/mol. The summed E-state index contributed by atoms with van der Waals surface area (Å²) in [4.78, 5) is 21.7. The Morgan fingerprint density at radius 2 is 1.89 bits per heavy atom. The molecule has 0 spiro atoms. The Hall–Kier alpha value is -2.82. The SMILES string of the molecule is Cc1ccc2c(C)cc(N3CCCN(C(=O)c4ccco4)CC3)nc2c1C. The monoisotopic (exact) mass is 363 g/mol. The van der Waals surface area contributed by atoms with E-state index < -0.39 is 0 Å². The zero-order valence-electron chi connectivity index (χ0n) is 16.2. The highest BCUT2D eigenvalue weighted by atomic mass is 16.3. The number of carbonyl (C=O) groups excluding carboxylic acids is 1. The second-order valence-electron chi connectivity index (χ2n) is 7.31. The van der Waals surface area contributed by atoms with E-state index in [0.717, 1.165) is 37.4 Å². The minimum atomic E-state index is -0.0315. The van der Waals surface area contributed by atoms with Gasteiger partial charge in [0.15, 0.2) is 5.76 Å². The lowest BCUT2D eigenvalue weighted by atomic mass is 10.0. The number of rotatable bonds is 2. The number of carbonyl (C=O) groups is 1. The van der Waals surface area contributed by atoms with Crippen molar-refractivity contribution in [2.24, 2.45) is 0 Å². The van der Waals surface area contributed by atoms with E-state index in [1.165, 1.54) is 22.1 Å². The van der Waals surface area contributed by atoms with Crippen molar-refractivity contribution in [1.29, 1.82) is 0 Å². The van der Waals surface area contributed by atoms with Crippen LogP contribution in [0.5, 0.6) is 0 Å². The number of amides is 1. The van der Waals surface area contributed by atoms with Crippen molar-refractivity contribution in [2.45, 2.75) is 27.2 Å². The summed E-state index contributed by atoms with van der Waals surface area (Å²) >= 11 is 0. The van der Waals surface area contributed by atoms with E-state index in [1.807, 2.05) is 4.90 Å². The third-order valence-electron chi connectivity index (χ3n) is 5.54. The molecule has 1 fully saturated rings. The maximum absolute atomic E-state index is 12.6. The Labute approximate surface area is 159 Å². The van der Waals surface area contributed by atoms with Gasteiger partial charge < -0.3 is 14.2 Å². The summed E-state index contributed by atoms with van der Waals surface area (Å²) in [6, 6.07) is 9.97. The van der Waals surface area contributed by atoms with Crippen molar-refractivity contribution in [1.82, 2.24) is 9.88 Å². The smallest absolute Gasteiger partial charge is 0.289 e. The first kappa shape index (κ1) is 17.6. The van der Waals surface area contributed by atoms with Gasteiger partial charge in [-0.3, -0.25) is 4.79 Å². The fraction of sp³-hybridized carbons (Fsp3) is 0.364. The van der Waals surface area contributed by atoms with Crippen LogP contribution in [0.4, 0.5) is 5.82 Å². The highest BCUT2D eigenvalue weighted by Crippen LogP contribution is 2.27. The van der Waals surface area contributed by atoms with Crippen LogP contribution in [0.1, 0.15) is 33.7 Å². The molecule has 1 aromatic carbocycles. The Morgan fingerprint density at radius 1 is 1.04 bits per heavy atom. The molecule has 3 aromatic rings. The summed E-state index contributed by atoms with van der Waals surface area (Å²) < 4.78 is 5.27. The van der Waals surface area contributed by atoms with Gasteiger partial charge in [-0.05, 0) is 62.1 Å². The van der Waals surface area contributed by atoms with Crippen LogP contribution in [0.15, 0.2) is 41.0 Å². The van der Waals surface area contributed by atoms with Gasteiger partial charge in [0.2, 0.25) is 0 Å². The number of anilines is 1. The van der Waals surface area contributed by atoms with Gasteiger partial charge in [-0.1, -0.05) is 12.1 Å². The molecule has 3 heterocycles. The van der Waals surface area contributed by atoms with Crippen molar-refractivity contribution in [3.63, 3.8) is 0 Å². The Balaban J connectivity index is 1.59. The first-order chi connectivity index (χ1) is 13.0. The Morgan fingerprint density at radius 3 is 2.67 bits per heavy atom. The summed E-state index contributed by atoms with van der Waals surface area (Å²) in [5, 5.41) is 1.21. The summed E-state index contributed by atoms with van der Waals surface area (Å²) in [6.45, 7) is 9.49. The van der Waals surface area contributed by atoms with E-state index in [-0.39, 0.29) is 5.91 Å². The number of aromatic nitrogens is 1. The summed E-state index contributed by atoms with van der Waals surface area (Å²) in [5.74, 6) is 1.38. The quantitative estimate of drug-likeness (QED) is 0.688. The molecule has 5 heteroatoms. The summed E-state index contributed by atoms with van der Waals surface area (Å²) in [6.07, 6.45) is 2.46. The third-order valence-corrected chi connectivity index (χ3v) is 5.54. The van der Waals surface area contributed by atoms with Gasteiger partial charge in [0.05, 0.1) is 11.8 Å². The number of hydrogen-bond acceptors (Lipinski definition) is 4. The highest BCUT2D eigenvalue weighted by molar-refractivity contribution is 5.91. The zero-order valence-corrected chi connectivity index (χ0v) is 16.2. The fourth-order valence-corrected chi connectivity index (χ4v) is 3.75. The molecule has 0 unspecified atom stereocenters. The van der Waals surface area contributed by atoms with E-state index >= 15 is 0 Å². The molecule has 0 N–H and O–H groups in total. The molecule has 4 rings (SSSR count). The van der Waals surface area contributed by atoms with Crippen LogP contribution in [0.25, 0.3) is 10.9 Å². The number of aryl methyl sites for hydroxylation is 3. The first-order valence-corrected chi connectivity index (χ1v) is 9.50. The van der Waals surface area contributed by atoms with Crippen molar-refractivity contribution in [3.8, 4) is 0 Å². The van der Waals surface area contributed by atoms with Crippen molar-refractivity contribution >= 4 is 22.6 Å². The van der Waals surface area contributed by atoms with Crippen LogP contribution in [-0.4, -0.2) is 42.0 Å². The number of pyridine rings is 1. The molecule has 1 aliphatic heterocycles. The molecule has 0 radical (unpaired) electrons. The lowest BCUT2D eigenvalue weighted by Gasteiger charge is -2.23. The van der Waals surface area contributed by atoms with Crippen LogP contribution in [0.2, 0.25) is 0 Å². The van der Waals surface area contributed by atoms with Crippen molar-refractivity contribution < 1.29 is 9.21 Å². The van der Waals surface area contributed by atoms with Crippen LogP contribution in [0.3, 0.4) is 0 Å². The highest BCUT2D eigenvalue weighted by Gasteiger charge is 2.23. The van der Waals surface area contributed by atoms with E-state index in [4.69, 9.17) is 9.40 Å². The van der Waals surface area contributed by atoms with E-state index in [2.05, 4.69) is 43.9 Å². The standard InChI is InChI=1S/C22H25N3O2/c1-15-7-8-18-16(2)14-20(23-21(18)17(15)3)24-9-5-10-25(12-11-24)22(26)19-6-4-13-27-19/h4,6-8,13-14H,5,9-12H2,1-3H3. The second-order valence-corrected chi connectivity index (χ2v) is 7.31. The number of furan rings is 1. The fourth-order valence-electron chi connectivity index (χ4n) is 3.75. The van der Waals surface area contributed by atoms with Crippen LogP contribution >= 0.6 is 0 Å². The molecular formula is C22H25N3O2. The maximum atomic E-state index is 12.6. The third kappa shape index (κ3) is 3.29. The van der Waals surface area contributed by atoms with Crippen molar-refractivity contribution in [3.05, 3.63) is 59.0 Å². The largest absolute Gasteiger partial charge is 0.459 e. The minimum absolute atomic E-state index is 0.0315. The van der Waals surface area contributed by atoms with Crippen LogP contribution in [-0.2, 0) is 0 Å². The summed E-state index contributed by atoms with van der Waals surface area (Å²) in [5.41, 5.74) is 4.82. The molecule has 140 valence electrons. The van der Waals surface area contributed by atoms with Gasteiger partial charge in [-0.15, -0.1) is 0 Å². The number of benzene rings is 1. The minimum Gasteiger partial charge on any atom is -0.459 e. The second kappa shape index (κ2) is 7.06. The van der Waals surface area contributed by atoms with Gasteiger partial charge in [0, 0.05) is 31.6 Å². The van der Waals surface area contributed by atoms with E-state index in [0.29, 0.717) is 12.3 Å². The Kier molecular flexibility index (Phi) is 4.60. The van der Waals surface area contributed by atoms with Crippen LogP contribution in [0, 0.1) is 20.8 Å². The molecular weight excluding hydrogens is 338 g/mol. The molecule has 2 aromatic heterocycles.